The molecule has 5 rings (SSSR count). The van der Waals surface area contributed by atoms with Crippen LogP contribution in [0.25, 0.3) is 11.0 Å². The minimum Gasteiger partial charge on any atom is -0.495 e. The van der Waals surface area contributed by atoms with Gasteiger partial charge in [0.1, 0.15) is 22.6 Å². The smallest absolute Gasteiger partial charge is 0.270 e. The average Bonchev–Trinajstić information content (AvgIpc) is 3.46. The van der Waals surface area contributed by atoms with Crippen molar-refractivity contribution in [2.24, 2.45) is 0 Å². The molecule has 33 heavy (non-hydrogen) atoms. The number of ether oxygens (including phenoxy) is 3. The van der Waals surface area contributed by atoms with Crippen molar-refractivity contribution >= 4 is 26.8 Å². The number of benzene rings is 2. The highest BCUT2D eigenvalue weighted by atomic mass is 32.2. The Morgan fingerprint density at radius 2 is 1.88 bits per heavy atom. The second-order valence-corrected chi connectivity index (χ2v) is 9.06. The molecule has 0 saturated heterocycles. The van der Waals surface area contributed by atoms with Gasteiger partial charge in [-0.05, 0) is 35.9 Å². The van der Waals surface area contributed by atoms with Crippen LogP contribution >= 0.6 is 0 Å². The van der Waals surface area contributed by atoms with Gasteiger partial charge in [0.15, 0.2) is 16.3 Å². The SMILES string of the molecule is COc1cccc(OC)c1S(=O)(=O)Nc1noc2cc(Cc3ccccn3)c3c(c12)OCC3. The minimum atomic E-state index is -4.12. The molecule has 1 N–H and O–H groups in total. The quantitative estimate of drug-likeness (QED) is 0.439. The van der Waals surface area contributed by atoms with Gasteiger partial charge in [0.05, 0.1) is 20.8 Å². The van der Waals surface area contributed by atoms with Gasteiger partial charge in [-0.2, -0.15) is 0 Å². The van der Waals surface area contributed by atoms with Gasteiger partial charge in [0, 0.05) is 30.3 Å². The molecule has 0 fully saturated rings. The molecular weight excluding hydrogens is 446 g/mol. The van der Waals surface area contributed by atoms with Gasteiger partial charge < -0.3 is 18.7 Å². The summed E-state index contributed by atoms with van der Waals surface area (Å²) in [4.78, 5) is 4.27. The summed E-state index contributed by atoms with van der Waals surface area (Å²) in [7, 11) is -1.34. The zero-order valence-corrected chi connectivity index (χ0v) is 18.8. The molecule has 4 aromatic rings. The van der Waals surface area contributed by atoms with Crippen LogP contribution in [0.3, 0.4) is 0 Å². The molecule has 1 aliphatic rings. The molecule has 0 amide bonds. The largest absolute Gasteiger partial charge is 0.495 e. The average molecular weight is 468 g/mol. The summed E-state index contributed by atoms with van der Waals surface area (Å²) in [5, 5.41) is 4.48. The summed E-state index contributed by atoms with van der Waals surface area (Å²) in [6, 6.07) is 12.4. The van der Waals surface area contributed by atoms with Crippen LogP contribution in [0.5, 0.6) is 17.2 Å². The van der Waals surface area contributed by atoms with Crippen molar-refractivity contribution in [1.29, 1.82) is 0 Å². The van der Waals surface area contributed by atoms with Crippen molar-refractivity contribution in [1.82, 2.24) is 10.1 Å². The number of nitrogens with zero attached hydrogens (tertiary/aromatic N) is 2. The maximum absolute atomic E-state index is 13.3. The number of hydrogen-bond donors (Lipinski definition) is 1. The summed E-state index contributed by atoms with van der Waals surface area (Å²) < 4.78 is 51.0. The van der Waals surface area contributed by atoms with E-state index in [2.05, 4.69) is 14.9 Å². The molecule has 10 heteroatoms. The summed E-state index contributed by atoms with van der Waals surface area (Å²) in [6.07, 6.45) is 3.05. The van der Waals surface area contributed by atoms with Crippen LogP contribution in [0.1, 0.15) is 16.8 Å². The van der Waals surface area contributed by atoms with Crippen molar-refractivity contribution < 1.29 is 27.2 Å². The summed E-state index contributed by atoms with van der Waals surface area (Å²) in [5.74, 6) is 0.910. The Hall–Kier alpha value is -3.79. The molecule has 170 valence electrons. The minimum absolute atomic E-state index is 0.0421. The number of hydrogen-bond acceptors (Lipinski definition) is 8. The summed E-state index contributed by atoms with van der Waals surface area (Å²) in [5.41, 5.74) is 3.33. The van der Waals surface area contributed by atoms with E-state index < -0.39 is 10.0 Å². The number of rotatable bonds is 7. The fourth-order valence-electron chi connectivity index (χ4n) is 4.04. The monoisotopic (exact) mass is 467 g/mol. The van der Waals surface area contributed by atoms with Gasteiger partial charge in [-0.1, -0.05) is 17.3 Å². The lowest BCUT2D eigenvalue weighted by atomic mass is 9.98. The molecule has 0 atom stereocenters. The van der Waals surface area contributed by atoms with E-state index in [1.54, 1.807) is 24.4 Å². The summed E-state index contributed by atoms with van der Waals surface area (Å²) in [6.45, 7) is 0.487. The molecule has 2 aromatic carbocycles. The molecule has 0 aliphatic carbocycles. The molecule has 3 heterocycles. The molecule has 0 spiro atoms. The van der Waals surface area contributed by atoms with Crippen molar-refractivity contribution in [3.8, 4) is 17.2 Å². The number of aromatic nitrogens is 2. The van der Waals surface area contributed by atoms with Crippen molar-refractivity contribution in [2.75, 3.05) is 25.5 Å². The van der Waals surface area contributed by atoms with E-state index in [9.17, 15) is 8.42 Å². The maximum Gasteiger partial charge on any atom is 0.270 e. The normalized spacial score (nSPS) is 12.9. The Bertz CT molecular complexity index is 1410. The van der Waals surface area contributed by atoms with Crippen LogP contribution in [0, 0.1) is 0 Å². The first-order valence-corrected chi connectivity index (χ1v) is 11.7. The van der Waals surface area contributed by atoms with E-state index in [1.165, 1.54) is 14.2 Å². The van der Waals surface area contributed by atoms with Crippen molar-refractivity contribution in [2.45, 2.75) is 17.7 Å². The van der Waals surface area contributed by atoms with Crippen LogP contribution in [0.2, 0.25) is 0 Å². The van der Waals surface area contributed by atoms with Crippen LogP contribution in [0.4, 0.5) is 5.82 Å². The Balaban J connectivity index is 1.58. The molecule has 2 aromatic heterocycles. The number of nitrogens with one attached hydrogen (secondary N) is 1. The third-order valence-electron chi connectivity index (χ3n) is 5.49. The maximum atomic E-state index is 13.3. The van der Waals surface area contributed by atoms with Gasteiger partial charge in [0.25, 0.3) is 10.0 Å². The Labute approximate surface area is 190 Å². The second-order valence-electron chi connectivity index (χ2n) is 7.44. The van der Waals surface area contributed by atoms with E-state index in [1.807, 2.05) is 24.3 Å². The lowest BCUT2D eigenvalue weighted by molar-refractivity contribution is 0.360. The number of sulfonamides is 1. The standard InChI is InChI=1S/C23H21N3O6S/c1-29-17-7-5-8-18(30-2)22(17)33(27,28)26-23-20-19(32-25-23)13-14(16-9-11-31-21(16)20)12-15-6-3-4-10-24-15/h3-8,10,13H,9,11-12H2,1-2H3,(H,25,26). The fraction of sp³-hybridized carbons (Fsp3) is 0.217. The topological polar surface area (TPSA) is 113 Å². The van der Waals surface area contributed by atoms with E-state index in [0.717, 1.165) is 16.8 Å². The van der Waals surface area contributed by atoms with Crippen LogP contribution in [0.15, 0.2) is 58.1 Å². The zero-order valence-electron chi connectivity index (χ0n) is 18.0. The first kappa shape index (κ1) is 21.1. The first-order valence-electron chi connectivity index (χ1n) is 10.2. The van der Waals surface area contributed by atoms with Gasteiger partial charge >= 0.3 is 0 Å². The van der Waals surface area contributed by atoms with Gasteiger partial charge in [-0.3, -0.25) is 9.71 Å². The zero-order chi connectivity index (χ0) is 23.0. The number of anilines is 1. The fourth-order valence-corrected chi connectivity index (χ4v) is 5.37. The summed E-state index contributed by atoms with van der Waals surface area (Å²) >= 11 is 0. The lowest BCUT2D eigenvalue weighted by Gasteiger charge is -2.14. The van der Waals surface area contributed by atoms with Gasteiger partial charge in [-0.25, -0.2) is 8.42 Å². The number of fused-ring (bicyclic) bond motifs is 3. The Morgan fingerprint density at radius 1 is 1.09 bits per heavy atom. The highest BCUT2D eigenvalue weighted by Gasteiger charge is 2.30. The highest BCUT2D eigenvalue weighted by molar-refractivity contribution is 7.93. The third kappa shape index (κ3) is 3.72. The van der Waals surface area contributed by atoms with Crippen LogP contribution in [-0.4, -0.2) is 39.4 Å². The van der Waals surface area contributed by atoms with E-state index in [0.29, 0.717) is 36.2 Å². The molecule has 9 nitrogen and oxygen atoms in total. The number of pyridine rings is 1. The van der Waals surface area contributed by atoms with Crippen LogP contribution in [-0.2, 0) is 22.9 Å². The lowest BCUT2D eigenvalue weighted by Crippen LogP contribution is -2.15. The van der Waals surface area contributed by atoms with E-state index in [-0.39, 0.29) is 22.2 Å². The second kappa shape index (κ2) is 8.28. The predicted molar refractivity (Wildman–Crippen MR) is 121 cm³/mol. The van der Waals surface area contributed by atoms with Gasteiger partial charge in [0.2, 0.25) is 0 Å². The van der Waals surface area contributed by atoms with Crippen LogP contribution < -0.4 is 18.9 Å². The van der Waals surface area contributed by atoms with Gasteiger partial charge in [-0.15, -0.1) is 0 Å². The van der Waals surface area contributed by atoms with E-state index >= 15 is 0 Å². The molecule has 0 radical (unpaired) electrons. The molecule has 0 unspecified atom stereocenters. The van der Waals surface area contributed by atoms with Crippen molar-refractivity contribution in [3.05, 3.63) is 65.5 Å². The highest BCUT2D eigenvalue weighted by Crippen LogP contribution is 2.42. The van der Waals surface area contributed by atoms with Crippen molar-refractivity contribution in [3.63, 3.8) is 0 Å². The predicted octanol–water partition coefficient (Wildman–Crippen LogP) is 3.57. The number of methoxy groups -OCH3 is 2. The van der Waals surface area contributed by atoms with E-state index in [4.69, 9.17) is 18.7 Å². The molecule has 1 aliphatic heterocycles. The Kier molecular flexibility index (Phi) is 5.29. The molecular formula is C23H21N3O6S. The third-order valence-corrected chi connectivity index (χ3v) is 6.89. The first-order chi connectivity index (χ1) is 16.0. The molecule has 0 saturated carbocycles. The molecule has 0 bridgehead atoms. The Morgan fingerprint density at radius 3 is 2.58 bits per heavy atom.